The average Bonchev–Trinajstić information content (AvgIpc) is 3.04. The second-order valence-electron chi connectivity index (χ2n) is 5.48. The van der Waals surface area contributed by atoms with Gasteiger partial charge in [-0.25, -0.2) is 0 Å². The first kappa shape index (κ1) is 13.5. The van der Waals surface area contributed by atoms with Crippen molar-refractivity contribution in [1.29, 1.82) is 0 Å². The van der Waals surface area contributed by atoms with Crippen molar-refractivity contribution in [3.63, 3.8) is 0 Å². The monoisotopic (exact) mass is 250 g/mol. The van der Waals surface area contributed by atoms with Crippen LogP contribution in [0.15, 0.2) is 6.33 Å². The Kier molecular flexibility index (Phi) is 5.17. The lowest BCUT2D eigenvalue weighted by Gasteiger charge is -2.16. The molecule has 0 bridgehead atoms. The van der Waals surface area contributed by atoms with Gasteiger partial charge in [-0.15, -0.1) is 10.2 Å². The van der Waals surface area contributed by atoms with Crippen LogP contribution in [0.3, 0.4) is 0 Å². The number of hydrogen-bond acceptors (Lipinski definition) is 3. The fraction of sp³-hybridized carbons (Fsp3) is 0.857. The SMILES string of the molecule is CCC(CCN)CCc1nncn1C1CCCC1. The predicted molar refractivity (Wildman–Crippen MR) is 73.3 cm³/mol. The Morgan fingerprint density at radius 1 is 1.39 bits per heavy atom. The van der Waals surface area contributed by atoms with Gasteiger partial charge in [-0.3, -0.25) is 0 Å². The minimum atomic E-state index is 0.657. The zero-order valence-corrected chi connectivity index (χ0v) is 11.5. The fourth-order valence-corrected chi connectivity index (χ4v) is 3.05. The highest BCUT2D eigenvalue weighted by Crippen LogP contribution is 2.30. The fourth-order valence-electron chi connectivity index (χ4n) is 3.05. The molecule has 1 aromatic heterocycles. The zero-order valence-electron chi connectivity index (χ0n) is 11.5. The second kappa shape index (κ2) is 6.88. The summed E-state index contributed by atoms with van der Waals surface area (Å²) in [7, 11) is 0. The van der Waals surface area contributed by atoms with Crippen molar-refractivity contribution in [2.24, 2.45) is 11.7 Å². The van der Waals surface area contributed by atoms with E-state index in [1.807, 2.05) is 6.33 Å². The molecule has 0 spiro atoms. The summed E-state index contributed by atoms with van der Waals surface area (Å²) < 4.78 is 2.32. The summed E-state index contributed by atoms with van der Waals surface area (Å²) in [5.74, 6) is 1.92. The smallest absolute Gasteiger partial charge is 0.133 e. The molecule has 1 aliphatic carbocycles. The Balaban J connectivity index is 1.90. The molecular formula is C14H26N4. The van der Waals surface area contributed by atoms with Crippen molar-refractivity contribution < 1.29 is 0 Å². The summed E-state index contributed by atoms with van der Waals surface area (Å²) in [4.78, 5) is 0. The predicted octanol–water partition coefficient (Wildman–Crippen LogP) is 2.70. The Labute approximate surface area is 110 Å². The van der Waals surface area contributed by atoms with E-state index in [1.165, 1.54) is 44.3 Å². The topological polar surface area (TPSA) is 56.7 Å². The third-order valence-electron chi connectivity index (χ3n) is 4.29. The highest BCUT2D eigenvalue weighted by Gasteiger charge is 2.20. The number of nitrogens with two attached hydrogens (primary N) is 1. The summed E-state index contributed by atoms with van der Waals surface area (Å²) >= 11 is 0. The van der Waals surface area contributed by atoms with E-state index in [0.717, 1.165) is 25.3 Å². The molecule has 0 amide bonds. The van der Waals surface area contributed by atoms with Crippen LogP contribution in [0.1, 0.15) is 63.7 Å². The minimum Gasteiger partial charge on any atom is -0.330 e. The van der Waals surface area contributed by atoms with E-state index in [0.29, 0.717) is 6.04 Å². The second-order valence-corrected chi connectivity index (χ2v) is 5.48. The third-order valence-corrected chi connectivity index (χ3v) is 4.29. The van der Waals surface area contributed by atoms with Gasteiger partial charge in [-0.05, 0) is 38.1 Å². The molecule has 4 heteroatoms. The zero-order chi connectivity index (χ0) is 12.8. The van der Waals surface area contributed by atoms with Crippen LogP contribution in [-0.2, 0) is 6.42 Å². The minimum absolute atomic E-state index is 0.657. The lowest BCUT2D eigenvalue weighted by Crippen LogP contribution is -2.12. The van der Waals surface area contributed by atoms with Crippen molar-refractivity contribution in [2.45, 2.75) is 64.3 Å². The van der Waals surface area contributed by atoms with Crippen LogP contribution in [0.4, 0.5) is 0 Å². The van der Waals surface area contributed by atoms with E-state index in [4.69, 9.17) is 5.73 Å². The largest absolute Gasteiger partial charge is 0.330 e. The van der Waals surface area contributed by atoms with E-state index in [2.05, 4.69) is 21.7 Å². The maximum Gasteiger partial charge on any atom is 0.133 e. The number of aromatic nitrogens is 3. The molecule has 102 valence electrons. The molecule has 2 rings (SSSR count). The molecule has 1 atom stereocenters. The number of rotatable bonds is 7. The van der Waals surface area contributed by atoms with Crippen molar-refractivity contribution >= 4 is 0 Å². The molecule has 1 aliphatic rings. The first-order valence-corrected chi connectivity index (χ1v) is 7.43. The molecule has 18 heavy (non-hydrogen) atoms. The van der Waals surface area contributed by atoms with Gasteiger partial charge in [0.1, 0.15) is 12.2 Å². The van der Waals surface area contributed by atoms with Crippen molar-refractivity contribution in [1.82, 2.24) is 14.8 Å². The van der Waals surface area contributed by atoms with Crippen LogP contribution in [-0.4, -0.2) is 21.3 Å². The molecular weight excluding hydrogens is 224 g/mol. The van der Waals surface area contributed by atoms with E-state index < -0.39 is 0 Å². The van der Waals surface area contributed by atoms with Crippen LogP contribution in [0.25, 0.3) is 0 Å². The van der Waals surface area contributed by atoms with Crippen molar-refractivity contribution in [2.75, 3.05) is 6.54 Å². The number of aryl methyl sites for hydroxylation is 1. The first-order chi connectivity index (χ1) is 8.85. The first-order valence-electron chi connectivity index (χ1n) is 7.43. The van der Waals surface area contributed by atoms with Gasteiger partial charge in [0, 0.05) is 12.5 Å². The highest BCUT2D eigenvalue weighted by molar-refractivity contribution is 4.92. The summed E-state index contributed by atoms with van der Waals surface area (Å²) in [6.45, 7) is 3.05. The van der Waals surface area contributed by atoms with E-state index in [1.54, 1.807) is 0 Å². The summed E-state index contributed by atoms with van der Waals surface area (Å²) in [6.07, 6.45) is 11.8. The van der Waals surface area contributed by atoms with Gasteiger partial charge in [0.15, 0.2) is 0 Å². The molecule has 0 aromatic carbocycles. The molecule has 1 aromatic rings. The van der Waals surface area contributed by atoms with Crippen molar-refractivity contribution in [3.05, 3.63) is 12.2 Å². The van der Waals surface area contributed by atoms with Gasteiger partial charge >= 0.3 is 0 Å². The standard InChI is InChI=1S/C14H26N4/c1-2-12(9-10-15)7-8-14-17-16-11-18(14)13-5-3-4-6-13/h11-13H,2-10,15H2,1H3. The lowest BCUT2D eigenvalue weighted by atomic mass is 9.96. The Bertz CT molecular complexity index is 341. The maximum atomic E-state index is 5.65. The molecule has 1 fully saturated rings. The summed E-state index contributed by atoms with van der Waals surface area (Å²) in [6, 6.07) is 0.657. The Morgan fingerprint density at radius 2 is 2.17 bits per heavy atom. The molecule has 4 nitrogen and oxygen atoms in total. The van der Waals surface area contributed by atoms with Gasteiger partial charge in [-0.1, -0.05) is 26.2 Å². The molecule has 1 heterocycles. The van der Waals surface area contributed by atoms with Gasteiger partial charge in [0.2, 0.25) is 0 Å². The molecule has 1 saturated carbocycles. The highest BCUT2D eigenvalue weighted by atomic mass is 15.3. The van der Waals surface area contributed by atoms with E-state index >= 15 is 0 Å². The maximum absolute atomic E-state index is 5.65. The molecule has 1 unspecified atom stereocenters. The van der Waals surface area contributed by atoms with E-state index in [9.17, 15) is 0 Å². The van der Waals surface area contributed by atoms with Crippen LogP contribution in [0.2, 0.25) is 0 Å². The van der Waals surface area contributed by atoms with Gasteiger partial charge in [0.25, 0.3) is 0 Å². The Hall–Kier alpha value is -0.900. The molecule has 0 aliphatic heterocycles. The van der Waals surface area contributed by atoms with Gasteiger partial charge in [0.05, 0.1) is 0 Å². The van der Waals surface area contributed by atoms with E-state index in [-0.39, 0.29) is 0 Å². The number of nitrogens with zero attached hydrogens (tertiary/aromatic N) is 3. The Morgan fingerprint density at radius 3 is 2.83 bits per heavy atom. The third kappa shape index (κ3) is 3.31. The summed E-state index contributed by atoms with van der Waals surface area (Å²) in [5.41, 5.74) is 5.65. The summed E-state index contributed by atoms with van der Waals surface area (Å²) in [5, 5.41) is 8.41. The lowest BCUT2D eigenvalue weighted by molar-refractivity contribution is 0.424. The molecule has 0 saturated heterocycles. The van der Waals surface area contributed by atoms with Crippen LogP contribution >= 0.6 is 0 Å². The molecule has 0 radical (unpaired) electrons. The van der Waals surface area contributed by atoms with Gasteiger partial charge < -0.3 is 10.3 Å². The van der Waals surface area contributed by atoms with Crippen LogP contribution < -0.4 is 5.73 Å². The van der Waals surface area contributed by atoms with Crippen LogP contribution in [0.5, 0.6) is 0 Å². The average molecular weight is 250 g/mol. The number of hydrogen-bond donors (Lipinski definition) is 1. The van der Waals surface area contributed by atoms with Gasteiger partial charge in [-0.2, -0.15) is 0 Å². The van der Waals surface area contributed by atoms with Crippen LogP contribution in [0, 0.1) is 5.92 Å². The normalized spacial score (nSPS) is 18.3. The molecule has 2 N–H and O–H groups in total. The quantitative estimate of drug-likeness (QED) is 0.809. The van der Waals surface area contributed by atoms with Crippen molar-refractivity contribution in [3.8, 4) is 0 Å².